The highest BCUT2D eigenvalue weighted by atomic mass is 35.5. The summed E-state index contributed by atoms with van der Waals surface area (Å²) < 4.78 is 28.2. The Bertz CT molecular complexity index is 1460. The van der Waals surface area contributed by atoms with Crippen molar-refractivity contribution in [2.45, 2.75) is 54.4 Å². The number of sulfonamides is 1. The third kappa shape index (κ3) is 5.34. The average molecular weight is 616 g/mol. The number of halogens is 2. The number of likely N-dealkylation sites (tertiary alicyclic amines) is 1. The maximum Gasteiger partial charge on any atom is 0.247 e. The zero-order valence-electron chi connectivity index (χ0n) is 23.1. The predicted octanol–water partition coefficient (Wildman–Crippen LogP) is 5.17. The second-order valence-electron chi connectivity index (χ2n) is 11.7. The highest BCUT2D eigenvalue weighted by molar-refractivity contribution is 7.89. The molecule has 218 valence electrons. The summed E-state index contributed by atoms with van der Waals surface area (Å²) in [7, 11) is -3.57. The topological polar surface area (TPSA) is 73.0 Å². The maximum atomic E-state index is 13.3. The molecular weight excluding hydrogens is 579 g/mol. The van der Waals surface area contributed by atoms with Crippen LogP contribution in [-0.4, -0.2) is 73.4 Å². The van der Waals surface area contributed by atoms with Crippen LogP contribution in [0.4, 0.5) is 0 Å². The van der Waals surface area contributed by atoms with Crippen LogP contribution < -0.4 is 5.32 Å². The van der Waals surface area contributed by atoms with Gasteiger partial charge in [0, 0.05) is 37.3 Å². The minimum absolute atomic E-state index is 0.153. The van der Waals surface area contributed by atoms with E-state index in [1.54, 1.807) is 34.6 Å². The molecule has 4 aliphatic rings. The lowest BCUT2D eigenvalue weighted by atomic mass is 9.71. The molecule has 3 fully saturated rings. The van der Waals surface area contributed by atoms with Crippen LogP contribution in [0.5, 0.6) is 0 Å². The van der Waals surface area contributed by atoms with E-state index in [1.807, 2.05) is 18.2 Å². The Morgan fingerprint density at radius 1 is 0.976 bits per heavy atom. The highest BCUT2D eigenvalue weighted by Crippen LogP contribution is 2.43. The van der Waals surface area contributed by atoms with E-state index in [-0.39, 0.29) is 11.3 Å². The van der Waals surface area contributed by atoms with E-state index < -0.39 is 15.6 Å². The van der Waals surface area contributed by atoms with Crippen molar-refractivity contribution in [2.75, 3.05) is 39.4 Å². The average Bonchev–Trinajstić information content (AvgIpc) is 3.28. The van der Waals surface area contributed by atoms with Gasteiger partial charge in [-0.3, -0.25) is 4.79 Å². The zero-order chi connectivity index (χ0) is 28.7. The number of carbonyl (C=O) groups is 1. The molecule has 0 unspecified atom stereocenters. The molecule has 0 bridgehead atoms. The van der Waals surface area contributed by atoms with Crippen LogP contribution in [0.25, 0.3) is 0 Å². The number of amides is 1. The Labute approximate surface area is 252 Å². The monoisotopic (exact) mass is 614 g/mol. The third-order valence-corrected chi connectivity index (χ3v) is 11.9. The minimum Gasteiger partial charge on any atom is -0.343 e. The van der Waals surface area contributed by atoms with Crippen molar-refractivity contribution < 1.29 is 13.2 Å². The molecule has 0 atom stereocenters. The molecule has 1 N–H and O–H groups in total. The Morgan fingerprint density at radius 3 is 2.41 bits per heavy atom. The van der Waals surface area contributed by atoms with Gasteiger partial charge in [0.2, 0.25) is 15.9 Å². The maximum absolute atomic E-state index is 13.3. The van der Waals surface area contributed by atoms with Crippen molar-refractivity contribution in [3.8, 4) is 0 Å². The van der Waals surface area contributed by atoms with Crippen LogP contribution in [-0.2, 0) is 20.2 Å². The van der Waals surface area contributed by atoms with Crippen LogP contribution >= 0.6 is 23.2 Å². The highest BCUT2D eigenvalue weighted by Gasteiger charge is 2.51. The van der Waals surface area contributed by atoms with Crippen molar-refractivity contribution in [2.24, 2.45) is 0 Å². The van der Waals surface area contributed by atoms with Gasteiger partial charge in [-0.15, -0.1) is 0 Å². The van der Waals surface area contributed by atoms with Crippen molar-refractivity contribution >= 4 is 39.1 Å². The molecule has 0 aromatic heterocycles. The van der Waals surface area contributed by atoms with Gasteiger partial charge in [0.15, 0.2) is 0 Å². The first kappa shape index (κ1) is 28.7. The Morgan fingerprint density at radius 2 is 1.73 bits per heavy atom. The Hall–Kier alpha value is -2.36. The summed E-state index contributed by atoms with van der Waals surface area (Å²) in [5, 5.41) is 4.08. The Balaban J connectivity index is 1.11. The van der Waals surface area contributed by atoms with Gasteiger partial charge in [-0.25, -0.2) is 8.42 Å². The molecule has 2 aromatic carbocycles. The molecule has 6 rings (SSSR count). The molecule has 3 saturated heterocycles. The van der Waals surface area contributed by atoms with Gasteiger partial charge in [0.1, 0.15) is 5.54 Å². The number of benzene rings is 2. The molecular formula is C31H36Cl2N4O3S. The van der Waals surface area contributed by atoms with Gasteiger partial charge < -0.3 is 15.1 Å². The Kier molecular flexibility index (Phi) is 7.98. The lowest BCUT2D eigenvalue weighted by Crippen LogP contribution is -2.61. The van der Waals surface area contributed by atoms with Crippen LogP contribution in [0.3, 0.4) is 0 Å². The normalized spacial score (nSPS) is 22.4. The number of nitrogens with one attached hydrogen (secondary N) is 1. The van der Waals surface area contributed by atoms with Gasteiger partial charge in [-0.05, 0) is 81.0 Å². The summed E-state index contributed by atoms with van der Waals surface area (Å²) in [6.45, 7) is 4.03. The van der Waals surface area contributed by atoms with Gasteiger partial charge in [-0.2, -0.15) is 4.31 Å². The largest absolute Gasteiger partial charge is 0.343 e. The summed E-state index contributed by atoms with van der Waals surface area (Å²) >= 11 is 12.6. The molecule has 41 heavy (non-hydrogen) atoms. The van der Waals surface area contributed by atoms with E-state index >= 15 is 0 Å². The molecule has 1 amide bonds. The van der Waals surface area contributed by atoms with Crippen molar-refractivity contribution in [1.29, 1.82) is 0 Å². The van der Waals surface area contributed by atoms with Crippen LogP contribution in [0, 0.1) is 0 Å². The van der Waals surface area contributed by atoms with Crippen molar-refractivity contribution in [1.82, 2.24) is 19.4 Å². The minimum atomic E-state index is -3.57. The SMILES string of the molecule is O=C1NCN(C2=CC=CCC2)C12CCN(CCCC1(c3ccc(Cl)c(Cl)c3)CN(S(=O)(=O)c3ccccc3)C1)CC2. The first-order valence-corrected chi connectivity index (χ1v) is 16.6. The molecule has 0 saturated carbocycles. The van der Waals surface area contributed by atoms with Gasteiger partial charge in [0.05, 0.1) is 21.6 Å². The van der Waals surface area contributed by atoms with Gasteiger partial charge in [0.25, 0.3) is 0 Å². The van der Waals surface area contributed by atoms with E-state index in [9.17, 15) is 13.2 Å². The molecule has 0 radical (unpaired) electrons. The van der Waals surface area contributed by atoms with Gasteiger partial charge >= 0.3 is 0 Å². The quantitative estimate of drug-likeness (QED) is 0.444. The molecule has 3 aliphatic heterocycles. The molecule has 2 aromatic rings. The molecule has 3 heterocycles. The molecule has 1 spiro atoms. The molecule has 7 nitrogen and oxygen atoms in total. The number of allylic oxidation sites excluding steroid dienone is 4. The fourth-order valence-electron chi connectivity index (χ4n) is 6.92. The summed E-state index contributed by atoms with van der Waals surface area (Å²) in [5.41, 5.74) is 1.51. The summed E-state index contributed by atoms with van der Waals surface area (Å²) in [5.74, 6) is 0.153. The van der Waals surface area contributed by atoms with E-state index in [0.29, 0.717) is 34.7 Å². The molecule has 10 heteroatoms. The fourth-order valence-corrected chi connectivity index (χ4v) is 8.85. The van der Waals surface area contributed by atoms with Crippen LogP contribution in [0.15, 0.2) is 77.4 Å². The third-order valence-electron chi connectivity index (χ3n) is 9.36. The van der Waals surface area contributed by atoms with E-state index in [1.165, 1.54) is 5.70 Å². The van der Waals surface area contributed by atoms with Crippen molar-refractivity contribution in [3.05, 3.63) is 88.1 Å². The number of hydrogen-bond donors (Lipinski definition) is 1. The summed E-state index contributed by atoms with van der Waals surface area (Å²) in [6.07, 6.45) is 11.8. The number of piperidine rings is 1. The van der Waals surface area contributed by atoms with E-state index in [0.717, 1.165) is 63.7 Å². The fraction of sp³-hybridized carbons (Fsp3) is 0.452. The van der Waals surface area contributed by atoms with Crippen molar-refractivity contribution in [3.63, 3.8) is 0 Å². The van der Waals surface area contributed by atoms with E-state index in [4.69, 9.17) is 23.2 Å². The second kappa shape index (κ2) is 11.4. The summed E-state index contributed by atoms with van der Waals surface area (Å²) in [6, 6.07) is 14.3. The number of nitrogens with zero attached hydrogens (tertiary/aromatic N) is 3. The van der Waals surface area contributed by atoms with Crippen LogP contribution in [0.1, 0.15) is 44.1 Å². The first-order valence-electron chi connectivity index (χ1n) is 14.4. The number of rotatable bonds is 8. The number of carbonyl (C=O) groups excluding carboxylic acids is 1. The lowest BCUT2D eigenvalue weighted by Gasteiger charge is -2.50. The smallest absolute Gasteiger partial charge is 0.247 e. The predicted molar refractivity (Wildman–Crippen MR) is 162 cm³/mol. The molecule has 1 aliphatic carbocycles. The standard InChI is InChI=1S/C31H36Cl2N4O3S/c32-27-13-12-24(20-28(27)33)30(21-36(22-30)41(39,40)26-10-5-2-6-11-26)14-7-17-35-18-15-31(16-19-35)29(38)34-23-37(31)25-8-3-1-4-9-25/h1-3,5-6,8,10-13,20H,4,7,9,14-19,21-23H2,(H,34,38). The number of hydrogen-bond acceptors (Lipinski definition) is 5. The summed E-state index contributed by atoms with van der Waals surface area (Å²) in [4.78, 5) is 18.1. The van der Waals surface area contributed by atoms with Crippen LogP contribution in [0.2, 0.25) is 10.0 Å². The zero-order valence-corrected chi connectivity index (χ0v) is 25.4. The first-order chi connectivity index (χ1) is 19.7. The lowest BCUT2D eigenvalue weighted by molar-refractivity contribution is -0.128. The second-order valence-corrected chi connectivity index (χ2v) is 14.4. The van der Waals surface area contributed by atoms with Gasteiger partial charge in [-0.1, -0.05) is 59.6 Å². The van der Waals surface area contributed by atoms with E-state index in [2.05, 4.69) is 33.3 Å².